The number of likely N-dealkylation sites (tertiary alicyclic amines) is 1. The van der Waals surface area contributed by atoms with Crippen LogP contribution in [0.5, 0.6) is 0 Å². The molecule has 3 aliphatic rings. The Hall–Kier alpha value is -2.83. The summed E-state index contributed by atoms with van der Waals surface area (Å²) in [4.78, 5) is 40.2. The number of Topliss-reactive ketones (excluding diaryl/α,β-unsaturated/α-hetero) is 1. The maximum absolute atomic E-state index is 13.3. The van der Waals surface area contributed by atoms with Gasteiger partial charge in [0.15, 0.2) is 5.78 Å². The van der Waals surface area contributed by atoms with E-state index in [4.69, 9.17) is 5.73 Å². The first-order chi connectivity index (χ1) is 15.4. The van der Waals surface area contributed by atoms with Gasteiger partial charge in [-0.3, -0.25) is 9.36 Å². The number of nitrogens with two attached hydrogens (primary N) is 1. The Balaban J connectivity index is 1.31. The van der Waals surface area contributed by atoms with Crippen molar-refractivity contribution in [2.45, 2.75) is 70.4 Å². The molecule has 3 fully saturated rings. The highest BCUT2D eigenvalue weighted by atomic mass is 16.2. The molecule has 1 aliphatic heterocycles. The summed E-state index contributed by atoms with van der Waals surface area (Å²) in [6.45, 7) is 2.20. The second-order valence-corrected chi connectivity index (χ2v) is 9.97. The van der Waals surface area contributed by atoms with Crippen LogP contribution >= 0.6 is 0 Å². The van der Waals surface area contributed by atoms with Gasteiger partial charge in [-0.25, -0.2) is 9.59 Å². The van der Waals surface area contributed by atoms with Gasteiger partial charge >= 0.3 is 12.1 Å². The molecule has 2 aliphatic carbocycles. The lowest BCUT2D eigenvalue weighted by Crippen LogP contribution is -2.45. The lowest BCUT2D eigenvalue weighted by atomic mass is 9.78. The number of ketones is 1. The van der Waals surface area contributed by atoms with E-state index < -0.39 is 6.03 Å². The van der Waals surface area contributed by atoms with E-state index in [1.54, 1.807) is 17.2 Å². The van der Waals surface area contributed by atoms with E-state index in [1.165, 1.54) is 36.7 Å². The van der Waals surface area contributed by atoms with E-state index in [0.29, 0.717) is 35.4 Å². The van der Waals surface area contributed by atoms with Crippen molar-refractivity contribution in [3.05, 3.63) is 30.5 Å². The van der Waals surface area contributed by atoms with Crippen LogP contribution in [0.4, 0.5) is 15.3 Å². The van der Waals surface area contributed by atoms with Gasteiger partial charge in [-0.1, -0.05) is 57.2 Å². The minimum absolute atomic E-state index is 0.151. The van der Waals surface area contributed by atoms with Gasteiger partial charge < -0.3 is 16.0 Å². The zero-order chi connectivity index (χ0) is 22.4. The van der Waals surface area contributed by atoms with Crippen LogP contribution in [0.25, 0.3) is 10.9 Å². The molecule has 2 aromatic rings. The highest BCUT2D eigenvalue weighted by Gasteiger charge is 2.56. The number of nitrogens with zero attached hydrogens (tertiary/aromatic N) is 2. The maximum Gasteiger partial charge on any atom is 0.323 e. The Bertz CT molecular complexity index is 1050. The minimum atomic E-state index is -0.602. The van der Waals surface area contributed by atoms with E-state index in [0.717, 1.165) is 18.2 Å². The van der Waals surface area contributed by atoms with Crippen LogP contribution in [-0.2, 0) is 4.79 Å². The number of aromatic nitrogens is 1. The lowest BCUT2D eigenvalue weighted by Gasteiger charge is -2.30. The number of amides is 3. The fraction of sp³-hybridized carbons (Fsp3) is 0.560. The molecule has 7 nitrogen and oxygen atoms in total. The number of carbonyl (C=O) groups is 3. The van der Waals surface area contributed by atoms with Crippen molar-refractivity contribution >= 4 is 34.4 Å². The molecule has 2 heterocycles. The van der Waals surface area contributed by atoms with Gasteiger partial charge in [-0.05, 0) is 36.7 Å². The molecule has 32 heavy (non-hydrogen) atoms. The topological polar surface area (TPSA) is 97.4 Å². The first-order valence-electron chi connectivity index (χ1n) is 12.0. The molecule has 0 unspecified atom stereocenters. The van der Waals surface area contributed by atoms with Crippen LogP contribution in [0.15, 0.2) is 30.5 Å². The summed E-state index contributed by atoms with van der Waals surface area (Å²) in [6, 6.07) is 6.28. The SMILES string of the molecule is C[C@@H](CC(=O)[C@@H]1C[C@H]2C[C@H]2N1C(=O)Nc1cn(C(N)=O)c2ccccc12)C1CCCCC1. The van der Waals surface area contributed by atoms with Crippen molar-refractivity contribution in [1.29, 1.82) is 0 Å². The maximum atomic E-state index is 13.3. The molecule has 4 atom stereocenters. The summed E-state index contributed by atoms with van der Waals surface area (Å²) in [5.41, 5.74) is 6.69. The first kappa shape index (κ1) is 21.0. The van der Waals surface area contributed by atoms with Gasteiger partial charge in [0.1, 0.15) is 0 Å². The Labute approximate surface area is 188 Å². The molecule has 7 heteroatoms. The number of benzene rings is 1. The summed E-state index contributed by atoms with van der Waals surface area (Å²) in [5.74, 6) is 1.64. The molecule has 3 amide bonds. The van der Waals surface area contributed by atoms with Gasteiger partial charge in [-0.15, -0.1) is 0 Å². The normalized spacial score (nSPS) is 26.0. The number of para-hydroxylation sites is 1. The predicted molar refractivity (Wildman–Crippen MR) is 123 cm³/mol. The highest BCUT2D eigenvalue weighted by Crippen LogP contribution is 2.49. The number of hydrogen-bond acceptors (Lipinski definition) is 3. The van der Waals surface area contributed by atoms with Crippen LogP contribution in [0, 0.1) is 17.8 Å². The monoisotopic (exact) mass is 436 g/mol. The third-order valence-electron chi connectivity index (χ3n) is 7.88. The van der Waals surface area contributed by atoms with Crippen molar-refractivity contribution in [2.75, 3.05) is 5.32 Å². The zero-order valence-electron chi connectivity index (χ0n) is 18.6. The highest BCUT2D eigenvalue weighted by molar-refractivity contribution is 6.05. The van der Waals surface area contributed by atoms with Crippen LogP contribution in [-0.4, -0.2) is 39.4 Å². The molecule has 3 N–H and O–H groups in total. The Morgan fingerprint density at radius 3 is 2.62 bits per heavy atom. The fourth-order valence-corrected chi connectivity index (χ4v) is 6.00. The van der Waals surface area contributed by atoms with E-state index in [2.05, 4.69) is 12.2 Å². The summed E-state index contributed by atoms with van der Waals surface area (Å²) < 4.78 is 1.34. The standard InChI is InChI=1S/C25H32N4O3/c1-15(16-7-3-2-4-8-16)11-23(30)22-13-17-12-21(17)29(22)25(32)27-19-14-28(24(26)31)20-10-6-5-9-18(19)20/h5-6,9-10,14-17,21-22H,2-4,7-8,11-13H2,1H3,(H2,26,31)(H,27,32)/t15-,17+,21+,22-/m0/s1. The molecule has 1 aromatic heterocycles. The van der Waals surface area contributed by atoms with Crippen molar-refractivity contribution < 1.29 is 14.4 Å². The molecular weight excluding hydrogens is 404 g/mol. The quantitative estimate of drug-likeness (QED) is 0.708. The van der Waals surface area contributed by atoms with E-state index in [-0.39, 0.29) is 23.9 Å². The van der Waals surface area contributed by atoms with Crippen LogP contribution < -0.4 is 11.1 Å². The van der Waals surface area contributed by atoms with E-state index in [1.807, 2.05) is 18.2 Å². The molecule has 0 spiro atoms. The molecular formula is C25H32N4O3. The van der Waals surface area contributed by atoms with Crippen LogP contribution in [0.1, 0.15) is 58.3 Å². The molecule has 5 rings (SSSR count). The second-order valence-electron chi connectivity index (χ2n) is 9.97. The number of hydrogen-bond donors (Lipinski definition) is 2. The van der Waals surface area contributed by atoms with E-state index >= 15 is 0 Å². The number of anilines is 1. The van der Waals surface area contributed by atoms with Gasteiger partial charge in [0.2, 0.25) is 0 Å². The number of fused-ring (bicyclic) bond motifs is 2. The minimum Gasteiger partial charge on any atom is -0.351 e. The molecule has 170 valence electrons. The summed E-state index contributed by atoms with van der Waals surface area (Å²) >= 11 is 0. The first-order valence-corrected chi connectivity index (χ1v) is 12.0. The third kappa shape index (κ3) is 3.78. The number of urea groups is 1. The summed E-state index contributed by atoms with van der Waals surface area (Å²) in [5, 5.41) is 3.72. The second kappa shape index (κ2) is 8.26. The number of rotatable bonds is 5. The van der Waals surface area contributed by atoms with Crippen LogP contribution in [0.3, 0.4) is 0 Å². The molecule has 1 saturated heterocycles. The van der Waals surface area contributed by atoms with E-state index in [9.17, 15) is 14.4 Å². The largest absolute Gasteiger partial charge is 0.351 e. The summed E-state index contributed by atoms with van der Waals surface area (Å²) in [6.07, 6.45) is 10.2. The van der Waals surface area contributed by atoms with Crippen molar-refractivity contribution in [3.8, 4) is 0 Å². The van der Waals surface area contributed by atoms with Gasteiger partial charge in [0.25, 0.3) is 0 Å². The Morgan fingerprint density at radius 2 is 1.88 bits per heavy atom. The van der Waals surface area contributed by atoms with Crippen LogP contribution in [0.2, 0.25) is 0 Å². The smallest absolute Gasteiger partial charge is 0.323 e. The van der Waals surface area contributed by atoms with Gasteiger partial charge in [-0.2, -0.15) is 0 Å². The number of nitrogens with one attached hydrogen (secondary N) is 1. The molecule has 0 radical (unpaired) electrons. The number of primary amides is 1. The summed E-state index contributed by atoms with van der Waals surface area (Å²) in [7, 11) is 0. The average Bonchev–Trinajstić information content (AvgIpc) is 3.29. The lowest BCUT2D eigenvalue weighted by molar-refractivity contribution is -0.124. The van der Waals surface area contributed by atoms with Gasteiger partial charge in [0.05, 0.1) is 17.2 Å². The molecule has 0 bridgehead atoms. The number of carbonyl (C=O) groups excluding carboxylic acids is 3. The van der Waals surface area contributed by atoms with Gasteiger partial charge in [0, 0.05) is 24.0 Å². The third-order valence-corrected chi connectivity index (χ3v) is 7.88. The number of piperidine rings is 1. The zero-order valence-corrected chi connectivity index (χ0v) is 18.6. The predicted octanol–water partition coefficient (Wildman–Crippen LogP) is 4.74. The van der Waals surface area contributed by atoms with Crippen molar-refractivity contribution in [3.63, 3.8) is 0 Å². The fourth-order valence-electron chi connectivity index (χ4n) is 6.00. The van der Waals surface area contributed by atoms with Crippen molar-refractivity contribution in [2.24, 2.45) is 23.5 Å². The molecule has 2 saturated carbocycles. The Kier molecular flexibility index (Phi) is 5.43. The Morgan fingerprint density at radius 1 is 1.12 bits per heavy atom. The van der Waals surface area contributed by atoms with Crippen molar-refractivity contribution in [1.82, 2.24) is 9.47 Å². The average molecular weight is 437 g/mol. The molecule has 1 aromatic carbocycles.